The largest absolute Gasteiger partial charge is 0.493 e. The molecule has 0 aliphatic rings. The first-order valence-corrected chi connectivity index (χ1v) is 11.0. The zero-order valence-corrected chi connectivity index (χ0v) is 19.4. The standard InChI is InChI=1S/C23H26N2O6S/c1-5-30-13-12-25-17-11-10-15(22(27)31-6-2)14-19(17)32-23(25)24-21(26)16-8-7-9-18(28-3)20(16)29-4/h7-11,14H,5-6,12-13H2,1-4H3. The molecule has 3 aromatic rings. The number of amides is 1. The Morgan fingerprint density at radius 2 is 1.88 bits per heavy atom. The highest BCUT2D eigenvalue weighted by molar-refractivity contribution is 7.16. The normalized spacial score (nSPS) is 11.6. The minimum Gasteiger partial charge on any atom is -0.493 e. The maximum atomic E-state index is 13.1. The summed E-state index contributed by atoms with van der Waals surface area (Å²) in [6.07, 6.45) is 0. The molecular formula is C23H26N2O6S. The Morgan fingerprint density at radius 3 is 2.56 bits per heavy atom. The van der Waals surface area contributed by atoms with Crippen LogP contribution >= 0.6 is 11.3 Å². The minimum atomic E-state index is -0.455. The van der Waals surface area contributed by atoms with Crippen molar-refractivity contribution >= 4 is 33.4 Å². The summed E-state index contributed by atoms with van der Waals surface area (Å²) in [6, 6.07) is 10.4. The van der Waals surface area contributed by atoms with Gasteiger partial charge in [0.25, 0.3) is 5.91 Å². The average molecular weight is 459 g/mol. The highest BCUT2D eigenvalue weighted by Crippen LogP contribution is 2.31. The number of ether oxygens (including phenoxy) is 4. The number of para-hydroxylation sites is 1. The third kappa shape index (κ3) is 5.00. The molecule has 170 valence electrons. The lowest BCUT2D eigenvalue weighted by Gasteiger charge is -2.10. The lowest BCUT2D eigenvalue weighted by Crippen LogP contribution is -2.20. The first-order valence-electron chi connectivity index (χ1n) is 10.2. The van der Waals surface area contributed by atoms with E-state index in [4.69, 9.17) is 18.9 Å². The van der Waals surface area contributed by atoms with Crippen LogP contribution in [0.2, 0.25) is 0 Å². The molecule has 9 heteroatoms. The van der Waals surface area contributed by atoms with Gasteiger partial charge in [-0.3, -0.25) is 4.79 Å². The van der Waals surface area contributed by atoms with Gasteiger partial charge >= 0.3 is 5.97 Å². The van der Waals surface area contributed by atoms with E-state index in [1.807, 2.05) is 17.6 Å². The van der Waals surface area contributed by atoms with Crippen LogP contribution in [-0.2, 0) is 16.0 Å². The molecule has 0 fully saturated rings. The van der Waals surface area contributed by atoms with Crippen LogP contribution in [0.5, 0.6) is 11.5 Å². The van der Waals surface area contributed by atoms with Crippen LogP contribution in [0.25, 0.3) is 10.2 Å². The van der Waals surface area contributed by atoms with E-state index in [9.17, 15) is 9.59 Å². The van der Waals surface area contributed by atoms with Crippen molar-refractivity contribution in [3.63, 3.8) is 0 Å². The van der Waals surface area contributed by atoms with E-state index in [0.29, 0.717) is 53.8 Å². The number of aromatic nitrogens is 1. The molecule has 1 amide bonds. The molecule has 32 heavy (non-hydrogen) atoms. The number of carbonyl (C=O) groups excluding carboxylic acids is 2. The van der Waals surface area contributed by atoms with Gasteiger partial charge in [0.1, 0.15) is 0 Å². The second-order valence-electron chi connectivity index (χ2n) is 6.59. The van der Waals surface area contributed by atoms with Crippen molar-refractivity contribution in [3.05, 3.63) is 52.3 Å². The molecule has 2 aromatic carbocycles. The number of fused-ring (bicyclic) bond motifs is 1. The van der Waals surface area contributed by atoms with Crippen molar-refractivity contribution in [1.82, 2.24) is 4.57 Å². The molecular weight excluding hydrogens is 432 g/mol. The van der Waals surface area contributed by atoms with Crippen LogP contribution in [0.15, 0.2) is 41.4 Å². The van der Waals surface area contributed by atoms with Gasteiger partial charge in [-0.1, -0.05) is 17.4 Å². The van der Waals surface area contributed by atoms with Crippen molar-refractivity contribution < 1.29 is 28.5 Å². The van der Waals surface area contributed by atoms with E-state index in [0.717, 1.165) is 10.2 Å². The zero-order valence-electron chi connectivity index (χ0n) is 18.5. The quantitative estimate of drug-likeness (QED) is 0.359. The SMILES string of the molecule is CCOCCn1c(=NC(=O)c2cccc(OC)c2OC)sc2cc(C(=O)OCC)ccc21. The number of hydrogen-bond acceptors (Lipinski definition) is 7. The number of hydrogen-bond donors (Lipinski definition) is 0. The summed E-state index contributed by atoms with van der Waals surface area (Å²) in [6.45, 7) is 5.54. The molecule has 0 aliphatic heterocycles. The van der Waals surface area contributed by atoms with E-state index in [2.05, 4.69) is 4.99 Å². The van der Waals surface area contributed by atoms with Gasteiger partial charge < -0.3 is 23.5 Å². The molecule has 0 N–H and O–H groups in total. The monoisotopic (exact) mass is 458 g/mol. The number of thiazole rings is 1. The Hall–Kier alpha value is -3.17. The number of methoxy groups -OCH3 is 2. The zero-order chi connectivity index (χ0) is 23.1. The molecule has 3 rings (SSSR count). The predicted octanol–water partition coefficient (Wildman–Crippen LogP) is 3.67. The molecule has 0 aliphatic carbocycles. The van der Waals surface area contributed by atoms with Gasteiger partial charge in [-0.15, -0.1) is 0 Å². The first-order chi connectivity index (χ1) is 15.5. The smallest absolute Gasteiger partial charge is 0.338 e. The Bertz CT molecular complexity index is 1180. The van der Waals surface area contributed by atoms with E-state index >= 15 is 0 Å². The Kier molecular flexibility index (Phi) is 8.02. The van der Waals surface area contributed by atoms with E-state index in [-0.39, 0.29) is 5.97 Å². The highest BCUT2D eigenvalue weighted by atomic mass is 32.1. The molecule has 1 heterocycles. The minimum absolute atomic E-state index is 0.299. The van der Waals surface area contributed by atoms with Crippen LogP contribution in [0.3, 0.4) is 0 Å². The summed E-state index contributed by atoms with van der Waals surface area (Å²) in [7, 11) is 2.99. The summed E-state index contributed by atoms with van der Waals surface area (Å²) >= 11 is 1.32. The number of benzene rings is 2. The van der Waals surface area contributed by atoms with Crippen molar-refractivity contribution in [1.29, 1.82) is 0 Å². The topological polar surface area (TPSA) is 88.4 Å². The van der Waals surface area contributed by atoms with Gasteiger partial charge in [0.05, 0.1) is 48.8 Å². The maximum absolute atomic E-state index is 13.1. The van der Waals surface area contributed by atoms with Crippen molar-refractivity contribution in [2.45, 2.75) is 20.4 Å². The molecule has 0 radical (unpaired) electrons. The van der Waals surface area contributed by atoms with Gasteiger partial charge in [-0.05, 0) is 44.2 Å². The molecule has 0 unspecified atom stereocenters. The van der Waals surface area contributed by atoms with Gasteiger partial charge in [-0.2, -0.15) is 4.99 Å². The van der Waals surface area contributed by atoms with E-state index < -0.39 is 5.91 Å². The highest BCUT2D eigenvalue weighted by Gasteiger charge is 2.17. The summed E-state index contributed by atoms with van der Waals surface area (Å²) in [5.74, 6) is -0.0639. The first kappa shape index (κ1) is 23.5. The van der Waals surface area contributed by atoms with Crippen LogP contribution in [0.4, 0.5) is 0 Å². The van der Waals surface area contributed by atoms with E-state index in [1.54, 1.807) is 37.3 Å². The van der Waals surface area contributed by atoms with Crippen LogP contribution in [-0.4, -0.2) is 50.5 Å². The van der Waals surface area contributed by atoms with E-state index in [1.165, 1.54) is 25.6 Å². The Labute approximate surface area is 190 Å². The second-order valence-corrected chi connectivity index (χ2v) is 7.60. The molecule has 0 spiro atoms. The van der Waals surface area contributed by atoms with Crippen molar-refractivity contribution in [2.24, 2.45) is 4.99 Å². The fourth-order valence-electron chi connectivity index (χ4n) is 3.22. The van der Waals surface area contributed by atoms with Crippen molar-refractivity contribution in [3.8, 4) is 11.5 Å². The predicted molar refractivity (Wildman–Crippen MR) is 122 cm³/mol. The van der Waals surface area contributed by atoms with Crippen LogP contribution in [0.1, 0.15) is 34.6 Å². The Morgan fingerprint density at radius 1 is 1.06 bits per heavy atom. The summed E-state index contributed by atoms with van der Waals surface area (Å²) in [5, 5.41) is 0. The summed E-state index contributed by atoms with van der Waals surface area (Å²) in [5.41, 5.74) is 1.60. The molecule has 0 saturated heterocycles. The summed E-state index contributed by atoms with van der Waals surface area (Å²) in [4.78, 5) is 30.1. The third-order valence-electron chi connectivity index (χ3n) is 4.69. The molecule has 8 nitrogen and oxygen atoms in total. The second kappa shape index (κ2) is 10.9. The van der Waals surface area contributed by atoms with Gasteiger partial charge in [0.2, 0.25) is 0 Å². The fourth-order valence-corrected chi connectivity index (χ4v) is 4.31. The number of esters is 1. The van der Waals surface area contributed by atoms with Gasteiger partial charge in [-0.25, -0.2) is 4.79 Å². The Balaban J connectivity index is 2.11. The lowest BCUT2D eigenvalue weighted by atomic mass is 10.2. The third-order valence-corrected chi connectivity index (χ3v) is 5.73. The van der Waals surface area contributed by atoms with Gasteiger partial charge in [0.15, 0.2) is 16.3 Å². The van der Waals surface area contributed by atoms with Crippen LogP contribution < -0.4 is 14.3 Å². The number of carbonyl (C=O) groups is 2. The average Bonchev–Trinajstić information content (AvgIpc) is 3.14. The molecule has 1 aromatic heterocycles. The summed E-state index contributed by atoms with van der Waals surface area (Å²) < 4.78 is 24.0. The van der Waals surface area contributed by atoms with Gasteiger partial charge in [0, 0.05) is 13.2 Å². The van der Waals surface area contributed by atoms with Crippen molar-refractivity contribution in [2.75, 3.05) is 34.0 Å². The molecule has 0 bridgehead atoms. The van der Waals surface area contributed by atoms with Crippen LogP contribution in [0, 0.1) is 0 Å². The molecule has 0 saturated carbocycles. The number of nitrogens with zero attached hydrogens (tertiary/aromatic N) is 2. The lowest BCUT2D eigenvalue weighted by molar-refractivity contribution is 0.0526. The number of rotatable bonds is 9. The maximum Gasteiger partial charge on any atom is 0.338 e. The molecule has 0 atom stereocenters. The fraction of sp³-hybridized carbons (Fsp3) is 0.348.